The number of nitrogens with zero attached hydrogens (tertiary/aromatic N) is 1. The predicted octanol–water partition coefficient (Wildman–Crippen LogP) is 4.18. The summed E-state index contributed by atoms with van der Waals surface area (Å²) in [7, 11) is 6.14. The van der Waals surface area contributed by atoms with E-state index >= 15 is 0 Å². The molecule has 0 N–H and O–H groups in total. The van der Waals surface area contributed by atoms with Crippen LogP contribution in [0.25, 0.3) is 6.08 Å². The molecular formula is C20H21ClFNO4. The van der Waals surface area contributed by atoms with E-state index in [9.17, 15) is 9.18 Å². The number of carbonyl (C=O) groups is 1. The molecule has 0 aliphatic carbocycles. The molecule has 0 radical (unpaired) electrons. The summed E-state index contributed by atoms with van der Waals surface area (Å²) >= 11 is 6.01. The number of amides is 1. The van der Waals surface area contributed by atoms with Crippen molar-refractivity contribution in [3.8, 4) is 17.2 Å². The van der Waals surface area contributed by atoms with Gasteiger partial charge >= 0.3 is 0 Å². The van der Waals surface area contributed by atoms with Crippen LogP contribution in [0.4, 0.5) is 4.39 Å². The van der Waals surface area contributed by atoms with Crippen LogP contribution in [0.1, 0.15) is 11.1 Å². The molecule has 0 saturated heterocycles. The zero-order valence-electron chi connectivity index (χ0n) is 15.6. The van der Waals surface area contributed by atoms with E-state index in [1.165, 1.54) is 44.4 Å². The quantitative estimate of drug-likeness (QED) is 0.662. The van der Waals surface area contributed by atoms with E-state index in [0.29, 0.717) is 22.8 Å². The van der Waals surface area contributed by atoms with E-state index in [-0.39, 0.29) is 23.0 Å². The first-order valence-corrected chi connectivity index (χ1v) is 8.45. The average Bonchev–Trinajstić information content (AvgIpc) is 2.67. The van der Waals surface area contributed by atoms with Crippen LogP contribution in [0.5, 0.6) is 17.2 Å². The summed E-state index contributed by atoms with van der Waals surface area (Å²) in [5.74, 6) is 0.788. The van der Waals surface area contributed by atoms with Crippen LogP contribution in [-0.4, -0.2) is 39.2 Å². The smallest absolute Gasteiger partial charge is 0.246 e. The topological polar surface area (TPSA) is 48.0 Å². The highest BCUT2D eigenvalue weighted by atomic mass is 35.5. The molecule has 2 aromatic rings. The Labute approximate surface area is 162 Å². The van der Waals surface area contributed by atoms with Crippen LogP contribution in [0.15, 0.2) is 36.4 Å². The summed E-state index contributed by atoms with van der Waals surface area (Å²) in [4.78, 5) is 13.8. The van der Waals surface area contributed by atoms with Gasteiger partial charge in [0, 0.05) is 41.9 Å². The number of hydrogen-bond donors (Lipinski definition) is 0. The Hall–Kier alpha value is -2.73. The van der Waals surface area contributed by atoms with Crippen LogP contribution in [0, 0.1) is 5.82 Å². The Morgan fingerprint density at radius 2 is 1.74 bits per heavy atom. The number of methoxy groups -OCH3 is 3. The molecule has 0 aliphatic rings. The molecule has 2 aromatic carbocycles. The van der Waals surface area contributed by atoms with Gasteiger partial charge in [-0.25, -0.2) is 4.39 Å². The third-order valence-electron chi connectivity index (χ3n) is 3.97. The molecule has 0 aliphatic heterocycles. The van der Waals surface area contributed by atoms with Gasteiger partial charge in [-0.3, -0.25) is 4.79 Å². The molecular weight excluding hydrogens is 373 g/mol. The third-order valence-corrected chi connectivity index (χ3v) is 4.33. The molecule has 0 saturated carbocycles. The maximum atomic E-state index is 13.9. The molecule has 0 atom stereocenters. The molecule has 0 fully saturated rings. The van der Waals surface area contributed by atoms with Gasteiger partial charge in [-0.2, -0.15) is 0 Å². The van der Waals surface area contributed by atoms with Crippen molar-refractivity contribution in [3.63, 3.8) is 0 Å². The lowest BCUT2D eigenvalue weighted by molar-refractivity contribution is -0.125. The number of benzene rings is 2. The van der Waals surface area contributed by atoms with Gasteiger partial charge in [0.1, 0.15) is 11.6 Å². The fourth-order valence-electron chi connectivity index (χ4n) is 2.47. The zero-order chi connectivity index (χ0) is 20.0. The summed E-state index contributed by atoms with van der Waals surface area (Å²) < 4.78 is 29.7. The van der Waals surface area contributed by atoms with E-state index in [1.54, 1.807) is 31.3 Å². The molecule has 27 heavy (non-hydrogen) atoms. The maximum absolute atomic E-state index is 13.9. The second-order valence-corrected chi connectivity index (χ2v) is 6.08. The fraction of sp³-hybridized carbons (Fsp3) is 0.250. The SMILES string of the molecule is COc1cc(OC)c(OC)cc1/C=C/C(=O)N(C)Cc1c(F)cccc1Cl. The number of rotatable bonds is 7. The van der Waals surface area contributed by atoms with E-state index in [1.807, 2.05) is 0 Å². The fourth-order valence-corrected chi connectivity index (χ4v) is 2.69. The van der Waals surface area contributed by atoms with Gasteiger partial charge in [0.2, 0.25) is 5.91 Å². The zero-order valence-corrected chi connectivity index (χ0v) is 16.3. The minimum atomic E-state index is -0.451. The molecule has 0 aromatic heterocycles. The molecule has 144 valence electrons. The Morgan fingerprint density at radius 1 is 1.11 bits per heavy atom. The van der Waals surface area contributed by atoms with Crippen molar-refractivity contribution in [3.05, 3.63) is 58.4 Å². The van der Waals surface area contributed by atoms with Gasteiger partial charge in [0.05, 0.1) is 21.3 Å². The van der Waals surface area contributed by atoms with Crippen molar-refractivity contribution in [2.45, 2.75) is 6.54 Å². The van der Waals surface area contributed by atoms with Crippen molar-refractivity contribution >= 4 is 23.6 Å². The van der Waals surface area contributed by atoms with Gasteiger partial charge in [0.25, 0.3) is 0 Å². The molecule has 1 amide bonds. The molecule has 0 spiro atoms. The van der Waals surface area contributed by atoms with Crippen molar-refractivity contribution < 1.29 is 23.4 Å². The van der Waals surface area contributed by atoms with Crippen LogP contribution in [-0.2, 0) is 11.3 Å². The van der Waals surface area contributed by atoms with Gasteiger partial charge in [-0.15, -0.1) is 0 Å². The van der Waals surface area contributed by atoms with Crippen molar-refractivity contribution in [1.29, 1.82) is 0 Å². The van der Waals surface area contributed by atoms with Crippen molar-refractivity contribution in [1.82, 2.24) is 4.90 Å². The number of hydrogen-bond acceptors (Lipinski definition) is 4. The van der Waals surface area contributed by atoms with E-state index < -0.39 is 5.82 Å². The van der Waals surface area contributed by atoms with Crippen LogP contribution in [0.3, 0.4) is 0 Å². The first kappa shape index (κ1) is 20.6. The molecule has 7 heteroatoms. The predicted molar refractivity (Wildman–Crippen MR) is 103 cm³/mol. The van der Waals surface area contributed by atoms with Crippen LogP contribution < -0.4 is 14.2 Å². The maximum Gasteiger partial charge on any atom is 0.246 e. The monoisotopic (exact) mass is 393 g/mol. The summed E-state index contributed by atoms with van der Waals surface area (Å²) in [6.45, 7) is 0.0533. The standard InChI is InChI=1S/C20H21ClFNO4/c1-23(12-14-15(21)6-5-7-16(14)22)20(24)9-8-13-10-18(26-3)19(27-4)11-17(13)25-2/h5-11H,12H2,1-4H3/b9-8+. The Morgan fingerprint density at radius 3 is 2.33 bits per heavy atom. The highest BCUT2D eigenvalue weighted by molar-refractivity contribution is 6.31. The first-order valence-electron chi connectivity index (χ1n) is 8.07. The Balaban J connectivity index is 2.20. The minimum Gasteiger partial charge on any atom is -0.496 e. The summed E-state index contributed by atoms with van der Waals surface area (Å²) in [6, 6.07) is 7.79. The molecule has 0 unspecified atom stereocenters. The largest absolute Gasteiger partial charge is 0.496 e. The summed E-state index contributed by atoms with van der Waals surface area (Å²) in [5.41, 5.74) is 0.910. The van der Waals surface area contributed by atoms with E-state index in [4.69, 9.17) is 25.8 Å². The summed E-state index contributed by atoms with van der Waals surface area (Å²) in [5, 5.41) is 0.278. The normalized spacial score (nSPS) is 10.7. The average molecular weight is 394 g/mol. The van der Waals surface area contributed by atoms with Crippen molar-refractivity contribution in [2.24, 2.45) is 0 Å². The molecule has 5 nitrogen and oxygen atoms in total. The Bertz CT molecular complexity index is 834. The lowest BCUT2D eigenvalue weighted by Crippen LogP contribution is -2.24. The van der Waals surface area contributed by atoms with Gasteiger partial charge in [-0.1, -0.05) is 17.7 Å². The van der Waals surface area contributed by atoms with Gasteiger partial charge < -0.3 is 19.1 Å². The van der Waals surface area contributed by atoms with Gasteiger partial charge in [-0.05, 0) is 24.3 Å². The minimum absolute atomic E-state index is 0.0533. The second kappa shape index (κ2) is 9.28. The molecule has 0 bridgehead atoms. The van der Waals surface area contributed by atoms with Crippen LogP contribution in [0.2, 0.25) is 5.02 Å². The van der Waals surface area contributed by atoms with E-state index in [2.05, 4.69) is 0 Å². The number of carbonyl (C=O) groups excluding carboxylic acids is 1. The third kappa shape index (κ3) is 4.92. The van der Waals surface area contributed by atoms with E-state index in [0.717, 1.165) is 0 Å². The second-order valence-electron chi connectivity index (χ2n) is 5.68. The van der Waals surface area contributed by atoms with Crippen molar-refractivity contribution in [2.75, 3.05) is 28.4 Å². The highest BCUT2D eigenvalue weighted by Gasteiger charge is 2.14. The molecule has 2 rings (SSSR count). The summed E-state index contributed by atoms with van der Waals surface area (Å²) in [6.07, 6.45) is 2.97. The lowest BCUT2D eigenvalue weighted by Gasteiger charge is -2.17. The number of ether oxygens (including phenoxy) is 3. The number of likely N-dealkylation sites (N-methyl/N-ethyl adjacent to an activating group) is 1. The van der Waals surface area contributed by atoms with Crippen LogP contribution >= 0.6 is 11.6 Å². The first-order chi connectivity index (χ1) is 12.9. The number of halogens is 2. The lowest BCUT2D eigenvalue weighted by atomic mass is 10.1. The highest BCUT2D eigenvalue weighted by Crippen LogP contribution is 2.35. The van der Waals surface area contributed by atoms with Gasteiger partial charge in [0.15, 0.2) is 11.5 Å². The molecule has 0 heterocycles. The Kier molecular flexibility index (Phi) is 7.07.